The van der Waals surface area contributed by atoms with Gasteiger partial charge in [-0.2, -0.15) is 5.10 Å². The molecule has 2 aromatic rings. The van der Waals surface area contributed by atoms with Gasteiger partial charge < -0.3 is 10.6 Å². The number of carbonyl (C=O) groups is 2. The topological polar surface area (TPSA) is 79.0 Å². The lowest BCUT2D eigenvalue weighted by molar-refractivity contribution is -0.125. The molecule has 0 aromatic heterocycles. The fourth-order valence-electron chi connectivity index (χ4n) is 3.96. The number of nitrogens with zero attached hydrogens (tertiary/aromatic N) is 3. The Balaban J connectivity index is 1.59. The maximum Gasteiger partial charge on any atom is 0.270 e. The number of benzene rings is 2. The van der Waals surface area contributed by atoms with Crippen molar-refractivity contribution in [1.82, 2.24) is 4.90 Å². The summed E-state index contributed by atoms with van der Waals surface area (Å²) in [7, 11) is 1.81. The number of hydrogen-bond acceptors (Lipinski definition) is 4. The zero-order chi connectivity index (χ0) is 19.0. The molecule has 1 aliphatic heterocycles. The summed E-state index contributed by atoms with van der Waals surface area (Å²) < 4.78 is 0. The van der Waals surface area contributed by atoms with Crippen LogP contribution in [0.15, 0.2) is 59.7 Å². The molecule has 2 amide bonds. The van der Waals surface area contributed by atoms with E-state index in [0.717, 1.165) is 18.5 Å². The van der Waals surface area contributed by atoms with Crippen LogP contribution >= 0.6 is 0 Å². The second kappa shape index (κ2) is 6.87. The van der Waals surface area contributed by atoms with E-state index >= 15 is 0 Å². The zero-order valence-electron chi connectivity index (χ0n) is 15.2. The molecule has 2 aromatic carbocycles. The van der Waals surface area contributed by atoms with Gasteiger partial charge in [-0.15, -0.1) is 0 Å². The number of primary amides is 1. The number of fused-ring (bicyclic) bond motifs is 1. The van der Waals surface area contributed by atoms with Crippen molar-refractivity contribution >= 4 is 23.2 Å². The molecule has 2 aliphatic rings. The van der Waals surface area contributed by atoms with E-state index in [2.05, 4.69) is 17.2 Å². The van der Waals surface area contributed by atoms with Crippen LogP contribution in [0.3, 0.4) is 0 Å². The lowest BCUT2D eigenvalue weighted by Crippen LogP contribution is -2.40. The van der Waals surface area contributed by atoms with Crippen LogP contribution in [0.2, 0.25) is 0 Å². The second-order valence-corrected chi connectivity index (χ2v) is 7.02. The van der Waals surface area contributed by atoms with E-state index in [0.29, 0.717) is 5.71 Å². The molecule has 0 bridgehead atoms. The molecule has 6 heteroatoms. The summed E-state index contributed by atoms with van der Waals surface area (Å²) in [6.07, 6.45) is 2.09. The van der Waals surface area contributed by atoms with Crippen molar-refractivity contribution < 1.29 is 9.59 Å². The number of hydrazone groups is 1. The molecule has 0 spiro atoms. The summed E-state index contributed by atoms with van der Waals surface area (Å²) in [5, 5.41) is 6.03. The molecule has 27 heavy (non-hydrogen) atoms. The predicted octanol–water partition coefficient (Wildman–Crippen LogP) is 2.25. The number of carbonyl (C=O) groups excluding carboxylic acids is 2. The van der Waals surface area contributed by atoms with Crippen molar-refractivity contribution in [2.45, 2.75) is 31.3 Å². The summed E-state index contributed by atoms with van der Waals surface area (Å²) in [5.74, 6) is -0.638. The predicted molar refractivity (Wildman–Crippen MR) is 104 cm³/mol. The Morgan fingerprint density at radius 2 is 1.81 bits per heavy atom. The second-order valence-electron chi connectivity index (χ2n) is 7.02. The van der Waals surface area contributed by atoms with E-state index in [9.17, 15) is 9.59 Å². The van der Waals surface area contributed by atoms with E-state index in [1.54, 1.807) is 9.91 Å². The van der Waals surface area contributed by atoms with Gasteiger partial charge in [-0.1, -0.05) is 42.5 Å². The minimum atomic E-state index is -0.643. The Bertz CT molecular complexity index is 909. The van der Waals surface area contributed by atoms with Gasteiger partial charge in [0.2, 0.25) is 5.91 Å². The summed E-state index contributed by atoms with van der Waals surface area (Å²) in [6, 6.07) is 16.9. The highest BCUT2D eigenvalue weighted by Crippen LogP contribution is 2.35. The van der Waals surface area contributed by atoms with Crippen LogP contribution < -0.4 is 10.7 Å². The lowest BCUT2D eigenvalue weighted by Gasteiger charge is -2.25. The van der Waals surface area contributed by atoms with Crippen molar-refractivity contribution in [2.75, 3.05) is 12.1 Å². The molecule has 0 saturated heterocycles. The van der Waals surface area contributed by atoms with Gasteiger partial charge in [0.25, 0.3) is 5.91 Å². The summed E-state index contributed by atoms with van der Waals surface area (Å²) >= 11 is 0. The minimum absolute atomic E-state index is 0.0363. The van der Waals surface area contributed by atoms with Crippen molar-refractivity contribution in [2.24, 2.45) is 10.8 Å². The van der Waals surface area contributed by atoms with E-state index in [1.807, 2.05) is 49.5 Å². The number of hydrogen-bond donors (Lipinski definition) is 1. The third-order valence-electron chi connectivity index (χ3n) is 5.40. The molecule has 0 saturated carbocycles. The normalized spacial score (nSPS) is 20.9. The number of amides is 2. The average Bonchev–Trinajstić information content (AvgIpc) is 3.32. The first-order valence-electron chi connectivity index (χ1n) is 9.12. The molecule has 138 valence electrons. The van der Waals surface area contributed by atoms with Gasteiger partial charge >= 0.3 is 0 Å². The highest BCUT2D eigenvalue weighted by molar-refractivity contribution is 6.40. The molecule has 1 heterocycles. The average molecular weight is 362 g/mol. The molecular weight excluding hydrogens is 340 g/mol. The Morgan fingerprint density at radius 1 is 1.11 bits per heavy atom. The van der Waals surface area contributed by atoms with Gasteiger partial charge in [-0.05, 0) is 36.1 Å². The number of aryl methyl sites for hydroxylation is 1. The number of nitrogens with two attached hydrogens (primary N) is 1. The van der Waals surface area contributed by atoms with E-state index in [-0.39, 0.29) is 18.4 Å². The first kappa shape index (κ1) is 17.3. The summed E-state index contributed by atoms with van der Waals surface area (Å²) in [4.78, 5) is 26.8. The zero-order valence-corrected chi connectivity index (χ0v) is 15.2. The van der Waals surface area contributed by atoms with Crippen LogP contribution in [0.1, 0.15) is 30.0 Å². The largest absolute Gasteiger partial charge is 0.368 e. The summed E-state index contributed by atoms with van der Waals surface area (Å²) in [5.41, 5.74) is 9.17. The standard InChI is InChI=1S/C21H22N4O2/c1-24(18-12-11-14-7-5-6-10-16(14)18)21(27)17-13-19(20(22)26)25(23-17)15-8-3-2-4-9-15/h2-10,18-19H,11-13H2,1H3,(H2,22,26). The van der Waals surface area contributed by atoms with Crippen LogP contribution in [0.25, 0.3) is 0 Å². The first-order valence-corrected chi connectivity index (χ1v) is 9.12. The van der Waals surface area contributed by atoms with E-state index in [1.165, 1.54) is 11.1 Å². The number of anilines is 1. The van der Waals surface area contributed by atoms with E-state index in [4.69, 9.17) is 5.73 Å². The van der Waals surface area contributed by atoms with Crippen LogP contribution in [0.4, 0.5) is 5.69 Å². The first-order chi connectivity index (χ1) is 13.1. The minimum Gasteiger partial charge on any atom is -0.368 e. The monoisotopic (exact) mass is 362 g/mol. The van der Waals surface area contributed by atoms with Crippen LogP contribution in [-0.4, -0.2) is 35.5 Å². The summed E-state index contributed by atoms with van der Waals surface area (Å²) in [6.45, 7) is 0. The molecule has 2 N–H and O–H groups in total. The smallest absolute Gasteiger partial charge is 0.270 e. The fourth-order valence-corrected chi connectivity index (χ4v) is 3.96. The van der Waals surface area contributed by atoms with Crippen molar-refractivity contribution in [3.8, 4) is 0 Å². The van der Waals surface area contributed by atoms with Gasteiger partial charge in [-0.3, -0.25) is 14.6 Å². The molecule has 0 fully saturated rings. The highest BCUT2D eigenvalue weighted by Gasteiger charge is 2.38. The molecule has 0 radical (unpaired) electrons. The molecule has 4 rings (SSSR count). The van der Waals surface area contributed by atoms with Crippen molar-refractivity contribution in [3.05, 3.63) is 65.7 Å². The number of para-hydroxylation sites is 1. The van der Waals surface area contributed by atoms with Gasteiger partial charge in [0, 0.05) is 13.5 Å². The quantitative estimate of drug-likeness (QED) is 0.906. The third kappa shape index (κ3) is 3.07. The SMILES string of the molecule is CN(C(=O)C1=NN(c2ccccc2)C(C(N)=O)C1)C1CCc2ccccc21. The van der Waals surface area contributed by atoms with Gasteiger partial charge in [0.05, 0.1) is 11.7 Å². The van der Waals surface area contributed by atoms with E-state index < -0.39 is 11.9 Å². The maximum absolute atomic E-state index is 13.1. The Labute approximate surface area is 158 Å². The maximum atomic E-state index is 13.1. The van der Waals surface area contributed by atoms with Gasteiger partial charge in [-0.25, -0.2) is 0 Å². The third-order valence-corrected chi connectivity index (χ3v) is 5.40. The Kier molecular flexibility index (Phi) is 4.39. The number of rotatable bonds is 4. The van der Waals surface area contributed by atoms with Crippen molar-refractivity contribution in [1.29, 1.82) is 0 Å². The molecule has 1 aliphatic carbocycles. The fraction of sp³-hybridized carbons (Fsp3) is 0.286. The van der Waals surface area contributed by atoms with Gasteiger partial charge in [0.15, 0.2) is 0 Å². The Morgan fingerprint density at radius 3 is 2.56 bits per heavy atom. The Hall–Kier alpha value is -3.15. The van der Waals surface area contributed by atoms with Crippen LogP contribution in [-0.2, 0) is 16.0 Å². The van der Waals surface area contributed by atoms with Gasteiger partial charge in [0.1, 0.15) is 11.8 Å². The van der Waals surface area contributed by atoms with Crippen molar-refractivity contribution in [3.63, 3.8) is 0 Å². The molecule has 2 atom stereocenters. The molecular formula is C21H22N4O2. The lowest BCUT2D eigenvalue weighted by atomic mass is 10.1. The molecule has 6 nitrogen and oxygen atoms in total. The highest BCUT2D eigenvalue weighted by atomic mass is 16.2. The van der Waals surface area contributed by atoms with Crippen LogP contribution in [0.5, 0.6) is 0 Å². The molecule has 2 unspecified atom stereocenters. The van der Waals surface area contributed by atoms with Crippen LogP contribution in [0, 0.1) is 0 Å².